The van der Waals surface area contributed by atoms with E-state index in [1.54, 1.807) is 4.90 Å². The summed E-state index contributed by atoms with van der Waals surface area (Å²) in [5, 5.41) is 0. The van der Waals surface area contributed by atoms with Crippen LogP contribution in [-0.4, -0.2) is 43.7 Å². The van der Waals surface area contributed by atoms with E-state index in [1.165, 1.54) is 0 Å². The van der Waals surface area contributed by atoms with Crippen LogP contribution in [0.2, 0.25) is 0 Å². The van der Waals surface area contributed by atoms with E-state index in [1.807, 2.05) is 7.05 Å². The second kappa shape index (κ2) is 6.80. The Morgan fingerprint density at radius 3 is 2.87 bits per heavy atom. The van der Waals surface area contributed by atoms with Gasteiger partial charge in [-0.15, -0.1) is 0 Å². The molecule has 0 spiro atoms. The Morgan fingerprint density at radius 1 is 1.47 bits per heavy atom. The monoisotopic (exact) mass is 214 g/mol. The van der Waals surface area contributed by atoms with Crippen molar-refractivity contribution in [3.05, 3.63) is 0 Å². The molecule has 1 aliphatic rings. The number of likely N-dealkylation sites (N-methyl/N-ethyl adjacent to an activating group) is 1. The number of hydrogen-bond acceptors (Lipinski definition) is 3. The van der Waals surface area contributed by atoms with Gasteiger partial charge >= 0.3 is 0 Å². The van der Waals surface area contributed by atoms with Gasteiger partial charge in [0.15, 0.2) is 0 Å². The van der Waals surface area contributed by atoms with E-state index in [0.29, 0.717) is 0 Å². The largest absolute Gasteiger partial charge is 0.368 e. The Hall–Kier alpha value is -0.610. The average molecular weight is 214 g/mol. The Kier molecular flexibility index (Phi) is 5.65. The molecule has 1 heterocycles. The molecule has 4 nitrogen and oxygen atoms in total. The van der Waals surface area contributed by atoms with Gasteiger partial charge in [-0.3, -0.25) is 4.79 Å². The van der Waals surface area contributed by atoms with Crippen LogP contribution in [0.5, 0.6) is 0 Å². The molecule has 2 N–H and O–H groups in total. The van der Waals surface area contributed by atoms with Crippen molar-refractivity contribution in [2.45, 2.75) is 38.2 Å². The number of nitrogens with two attached hydrogens (primary N) is 1. The van der Waals surface area contributed by atoms with Gasteiger partial charge in [-0.05, 0) is 32.2 Å². The van der Waals surface area contributed by atoms with E-state index in [9.17, 15) is 4.79 Å². The summed E-state index contributed by atoms with van der Waals surface area (Å²) in [5.41, 5.74) is 5.40. The van der Waals surface area contributed by atoms with Crippen molar-refractivity contribution in [1.82, 2.24) is 4.90 Å². The average Bonchev–Trinajstić information content (AvgIpc) is 2.76. The highest BCUT2D eigenvalue weighted by molar-refractivity contribution is 5.80. The molecule has 1 saturated heterocycles. The topological polar surface area (TPSA) is 55.6 Å². The molecule has 15 heavy (non-hydrogen) atoms. The highest BCUT2D eigenvalue weighted by atomic mass is 16.5. The summed E-state index contributed by atoms with van der Waals surface area (Å²) in [6, 6.07) is 0. The summed E-state index contributed by atoms with van der Waals surface area (Å²) in [6.07, 6.45) is 4.89. The molecule has 88 valence electrons. The molecule has 1 unspecified atom stereocenters. The van der Waals surface area contributed by atoms with Crippen LogP contribution in [0.3, 0.4) is 0 Å². The van der Waals surface area contributed by atoms with Gasteiger partial charge in [0.05, 0.1) is 0 Å². The molecular weight excluding hydrogens is 192 g/mol. The molecule has 1 fully saturated rings. The lowest BCUT2D eigenvalue weighted by atomic mass is 10.2. The van der Waals surface area contributed by atoms with Gasteiger partial charge in [-0.2, -0.15) is 0 Å². The molecular formula is C11H22N2O2. The summed E-state index contributed by atoms with van der Waals surface area (Å²) in [4.78, 5) is 13.6. The first kappa shape index (κ1) is 12.5. The first-order valence-corrected chi connectivity index (χ1v) is 5.82. The van der Waals surface area contributed by atoms with Crippen molar-refractivity contribution in [2.24, 2.45) is 5.73 Å². The second-order valence-electron chi connectivity index (χ2n) is 4.11. The maximum absolute atomic E-state index is 11.8. The zero-order valence-electron chi connectivity index (χ0n) is 9.58. The van der Waals surface area contributed by atoms with Gasteiger partial charge in [0.2, 0.25) is 0 Å². The van der Waals surface area contributed by atoms with Crippen molar-refractivity contribution in [3.8, 4) is 0 Å². The molecule has 1 aliphatic heterocycles. The van der Waals surface area contributed by atoms with Gasteiger partial charge < -0.3 is 15.4 Å². The number of ether oxygens (including phenoxy) is 1. The Balaban J connectivity index is 2.14. The molecule has 0 aromatic carbocycles. The maximum Gasteiger partial charge on any atom is 0.251 e. The molecule has 0 radical (unpaired) electrons. The number of hydrogen-bond donors (Lipinski definition) is 1. The first-order valence-electron chi connectivity index (χ1n) is 5.82. The molecule has 4 heteroatoms. The second-order valence-corrected chi connectivity index (χ2v) is 4.11. The van der Waals surface area contributed by atoms with Gasteiger partial charge in [0.25, 0.3) is 5.91 Å². The van der Waals surface area contributed by atoms with Crippen LogP contribution >= 0.6 is 0 Å². The van der Waals surface area contributed by atoms with Gasteiger partial charge in [0.1, 0.15) is 6.10 Å². The summed E-state index contributed by atoms with van der Waals surface area (Å²) >= 11 is 0. The van der Waals surface area contributed by atoms with E-state index in [0.717, 1.165) is 51.8 Å². The highest BCUT2D eigenvalue weighted by Crippen LogP contribution is 2.14. The molecule has 1 atom stereocenters. The van der Waals surface area contributed by atoms with Crippen LogP contribution in [0.4, 0.5) is 0 Å². The number of amides is 1. The minimum absolute atomic E-state index is 0.139. The van der Waals surface area contributed by atoms with E-state index in [-0.39, 0.29) is 12.0 Å². The highest BCUT2D eigenvalue weighted by Gasteiger charge is 2.25. The number of carbonyl (C=O) groups is 1. The fourth-order valence-corrected chi connectivity index (χ4v) is 1.80. The fourth-order valence-electron chi connectivity index (χ4n) is 1.80. The van der Waals surface area contributed by atoms with Crippen molar-refractivity contribution >= 4 is 5.91 Å². The van der Waals surface area contributed by atoms with Gasteiger partial charge in [-0.25, -0.2) is 0 Å². The van der Waals surface area contributed by atoms with Crippen molar-refractivity contribution < 1.29 is 9.53 Å². The van der Waals surface area contributed by atoms with Crippen LogP contribution < -0.4 is 5.73 Å². The van der Waals surface area contributed by atoms with Crippen LogP contribution in [0.25, 0.3) is 0 Å². The Labute approximate surface area is 91.8 Å². The minimum atomic E-state index is -0.176. The standard InChI is InChI=1S/C11H22N2O2/c1-13(8-4-2-3-7-12)11(14)10-6-5-9-15-10/h10H,2-9,12H2,1H3. The molecule has 0 saturated carbocycles. The molecule has 1 amide bonds. The summed E-state index contributed by atoms with van der Waals surface area (Å²) in [6.45, 7) is 2.29. The summed E-state index contributed by atoms with van der Waals surface area (Å²) in [7, 11) is 1.85. The van der Waals surface area contributed by atoms with Crippen molar-refractivity contribution in [3.63, 3.8) is 0 Å². The zero-order valence-corrected chi connectivity index (χ0v) is 9.58. The third kappa shape index (κ3) is 4.18. The minimum Gasteiger partial charge on any atom is -0.368 e. The number of rotatable bonds is 6. The van der Waals surface area contributed by atoms with E-state index in [4.69, 9.17) is 10.5 Å². The third-order valence-corrected chi connectivity index (χ3v) is 2.78. The number of unbranched alkanes of at least 4 members (excludes halogenated alkanes) is 2. The normalized spacial score (nSPS) is 20.5. The van der Waals surface area contributed by atoms with E-state index < -0.39 is 0 Å². The molecule has 0 aromatic rings. The van der Waals surface area contributed by atoms with E-state index in [2.05, 4.69) is 0 Å². The molecule has 0 bridgehead atoms. The van der Waals surface area contributed by atoms with Crippen LogP contribution in [-0.2, 0) is 9.53 Å². The van der Waals surface area contributed by atoms with Crippen molar-refractivity contribution in [1.29, 1.82) is 0 Å². The lowest BCUT2D eigenvalue weighted by Gasteiger charge is -2.20. The van der Waals surface area contributed by atoms with Crippen molar-refractivity contribution in [2.75, 3.05) is 26.7 Å². The predicted molar refractivity (Wildman–Crippen MR) is 59.5 cm³/mol. The maximum atomic E-state index is 11.8. The van der Waals surface area contributed by atoms with Gasteiger partial charge in [-0.1, -0.05) is 6.42 Å². The predicted octanol–water partition coefficient (Wildman–Crippen LogP) is 0.753. The quantitative estimate of drug-likeness (QED) is 0.664. The molecule has 0 aliphatic carbocycles. The molecule has 1 rings (SSSR count). The third-order valence-electron chi connectivity index (χ3n) is 2.78. The SMILES string of the molecule is CN(CCCCCN)C(=O)C1CCCO1. The summed E-state index contributed by atoms with van der Waals surface area (Å²) in [5.74, 6) is 0.139. The van der Waals surface area contributed by atoms with Crippen LogP contribution in [0, 0.1) is 0 Å². The fraction of sp³-hybridized carbons (Fsp3) is 0.909. The summed E-state index contributed by atoms with van der Waals surface area (Å²) < 4.78 is 5.35. The Bertz CT molecular complexity index is 191. The zero-order chi connectivity index (χ0) is 11.1. The van der Waals surface area contributed by atoms with Crippen LogP contribution in [0.1, 0.15) is 32.1 Å². The van der Waals surface area contributed by atoms with Crippen LogP contribution in [0.15, 0.2) is 0 Å². The van der Waals surface area contributed by atoms with E-state index >= 15 is 0 Å². The molecule has 0 aromatic heterocycles. The smallest absolute Gasteiger partial charge is 0.251 e. The number of carbonyl (C=O) groups excluding carboxylic acids is 1. The number of nitrogens with zero attached hydrogens (tertiary/aromatic N) is 1. The lowest BCUT2D eigenvalue weighted by Crippen LogP contribution is -2.36. The lowest BCUT2D eigenvalue weighted by molar-refractivity contribution is -0.139. The Morgan fingerprint density at radius 2 is 2.27 bits per heavy atom. The van der Waals surface area contributed by atoms with Gasteiger partial charge in [0, 0.05) is 20.2 Å². The first-order chi connectivity index (χ1) is 7.25.